The summed E-state index contributed by atoms with van der Waals surface area (Å²) in [5, 5.41) is 13.3. The van der Waals surface area contributed by atoms with Gasteiger partial charge in [0.1, 0.15) is 17.2 Å². The first-order valence-electron chi connectivity index (χ1n) is 6.40. The van der Waals surface area contributed by atoms with Gasteiger partial charge in [-0.2, -0.15) is 0 Å². The van der Waals surface area contributed by atoms with Crippen molar-refractivity contribution in [2.75, 3.05) is 19.0 Å². The maximum atomic E-state index is 11.8. The lowest BCUT2D eigenvalue weighted by atomic mass is 10.2. The predicted molar refractivity (Wildman–Crippen MR) is 80.2 cm³/mol. The number of amides is 1. The SMILES string of the molecule is COc1ccc(OCC(=O)Nc2ccccc2[N+](=O)[O-])cc1. The minimum Gasteiger partial charge on any atom is -0.497 e. The normalized spacial score (nSPS) is 9.86. The van der Waals surface area contributed by atoms with Gasteiger partial charge in [-0.15, -0.1) is 0 Å². The summed E-state index contributed by atoms with van der Waals surface area (Å²) in [7, 11) is 1.55. The molecule has 2 aromatic carbocycles. The molecule has 0 atom stereocenters. The van der Waals surface area contributed by atoms with Crippen molar-refractivity contribution in [3.05, 3.63) is 58.6 Å². The van der Waals surface area contributed by atoms with Gasteiger partial charge in [-0.3, -0.25) is 14.9 Å². The molecule has 0 aliphatic heterocycles. The number of carbonyl (C=O) groups excluding carboxylic acids is 1. The second-order valence-corrected chi connectivity index (χ2v) is 4.29. The summed E-state index contributed by atoms with van der Waals surface area (Å²) in [6, 6.07) is 12.6. The van der Waals surface area contributed by atoms with E-state index < -0.39 is 10.8 Å². The van der Waals surface area contributed by atoms with Crippen LogP contribution in [0.5, 0.6) is 11.5 Å². The number of nitrogens with zero attached hydrogens (tertiary/aromatic N) is 1. The van der Waals surface area contributed by atoms with Crippen molar-refractivity contribution in [1.82, 2.24) is 0 Å². The van der Waals surface area contributed by atoms with Crippen molar-refractivity contribution in [3.63, 3.8) is 0 Å². The van der Waals surface area contributed by atoms with Gasteiger partial charge in [0.15, 0.2) is 6.61 Å². The van der Waals surface area contributed by atoms with Crippen LogP contribution in [0.15, 0.2) is 48.5 Å². The Labute approximate surface area is 126 Å². The van der Waals surface area contributed by atoms with Crippen LogP contribution in [0.1, 0.15) is 0 Å². The highest BCUT2D eigenvalue weighted by atomic mass is 16.6. The molecule has 7 heteroatoms. The quantitative estimate of drug-likeness (QED) is 0.654. The summed E-state index contributed by atoms with van der Waals surface area (Å²) < 4.78 is 10.3. The summed E-state index contributed by atoms with van der Waals surface area (Å²) in [6.07, 6.45) is 0. The van der Waals surface area contributed by atoms with Crippen molar-refractivity contribution in [3.8, 4) is 11.5 Å². The van der Waals surface area contributed by atoms with Crippen LogP contribution in [-0.2, 0) is 4.79 Å². The number of nitro groups is 1. The third-order valence-corrected chi connectivity index (χ3v) is 2.80. The molecule has 2 aromatic rings. The average molecular weight is 302 g/mol. The summed E-state index contributed by atoms with van der Waals surface area (Å²) in [5.41, 5.74) is -0.0314. The predicted octanol–water partition coefficient (Wildman–Crippen LogP) is 2.62. The molecule has 0 aliphatic rings. The van der Waals surface area contributed by atoms with Gasteiger partial charge in [0.2, 0.25) is 0 Å². The highest BCUT2D eigenvalue weighted by Gasteiger charge is 2.14. The molecule has 0 fully saturated rings. The van der Waals surface area contributed by atoms with E-state index in [1.165, 1.54) is 18.2 Å². The van der Waals surface area contributed by atoms with Crippen molar-refractivity contribution < 1.29 is 19.2 Å². The van der Waals surface area contributed by atoms with Crippen LogP contribution in [0, 0.1) is 10.1 Å². The number of rotatable bonds is 6. The number of para-hydroxylation sites is 2. The lowest BCUT2D eigenvalue weighted by molar-refractivity contribution is -0.383. The Morgan fingerprint density at radius 1 is 1.14 bits per heavy atom. The molecule has 0 saturated heterocycles. The van der Waals surface area contributed by atoms with E-state index in [1.807, 2.05) is 0 Å². The zero-order chi connectivity index (χ0) is 15.9. The van der Waals surface area contributed by atoms with Gasteiger partial charge in [-0.1, -0.05) is 12.1 Å². The molecule has 2 rings (SSSR count). The third kappa shape index (κ3) is 3.95. The van der Waals surface area contributed by atoms with Crippen molar-refractivity contribution in [2.24, 2.45) is 0 Å². The van der Waals surface area contributed by atoms with E-state index in [9.17, 15) is 14.9 Å². The number of benzene rings is 2. The molecule has 0 saturated carbocycles. The minimum atomic E-state index is -0.556. The molecule has 0 radical (unpaired) electrons. The standard InChI is InChI=1S/C15H14N2O5/c1-21-11-6-8-12(9-7-11)22-10-15(18)16-13-4-2-3-5-14(13)17(19)20/h2-9H,10H2,1H3,(H,16,18). The van der Waals surface area contributed by atoms with Gasteiger partial charge in [0, 0.05) is 6.07 Å². The van der Waals surface area contributed by atoms with Crippen molar-refractivity contribution in [1.29, 1.82) is 0 Å². The van der Waals surface area contributed by atoms with Gasteiger partial charge in [-0.05, 0) is 30.3 Å². The number of hydrogen-bond donors (Lipinski definition) is 1. The molecule has 1 amide bonds. The van der Waals surface area contributed by atoms with Crippen molar-refractivity contribution >= 4 is 17.3 Å². The highest BCUT2D eigenvalue weighted by molar-refractivity contribution is 5.94. The van der Waals surface area contributed by atoms with Gasteiger partial charge in [-0.25, -0.2) is 0 Å². The van der Waals surface area contributed by atoms with E-state index in [4.69, 9.17) is 9.47 Å². The average Bonchev–Trinajstić information content (AvgIpc) is 2.53. The maximum absolute atomic E-state index is 11.8. The molecule has 114 valence electrons. The molecule has 0 aliphatic carbocycles. The fourth-order valence-electron chi connectivity index (χ4n) is 1.75. The van der Waals surface area contributed by atoms with E-state index in [1.54, 1.807) is 37.4 Å². The molecule has 0 heterocycles. The topological polar surface area (TPSA) is 90.7 Å². The number of hydrogen-bond acceptors (Lipinski definition) is 5. The van der Waals surface area contributed by atoms with Crippen LogP contribution >= 0.6 is 0 Å². The maximum Gasteiger partial charge on any atom is 0.292 e. The number of nitrogens with one attached hydrogen (secondary N) is 1. The Kier molecular flexibility index (Phi) is 4.92. The second kappa shape index (κ2) is 7.07. The first-order chi connectivity index (χ1) is 10.6. The molecule has 0 aromatic heterocycles. The van der Waals surface area contributed by atoms with Crippen LogP contribution in [-0.4, -0.2) is 24.5 Å². The molecule has 0 unspecified atom stereocenters. The summed E-state index contributed by atoms with van der Waals surface area (Å²) >= 11 is 0. The van der Waals surface area contributed by atoms with E-state index in [0.29, 0.717) is 11.5 Å². The van der Waals surface area contributed by atoms with Crippen LogP contribution in [0.3, 0.4) is 0 Å². The smallest absolute Gasteiger partial charge is 0.292 e. The summed E-state index contributed by atoms with van der Waals surface area (Å²) in [5.74, 6) is 0.695. The Morgan fingerprint density at radius 2 is 1.77 bits per heavy atom. The Balaban J connectivity index is 1.94. The lowest BCUT2D eigenvalue weighted by Gasteiger charge is -2.08. The number of ether oxygens (including phenoxy) is 2. The Bertz CT molecular complexity index is 670. The first kappa shape index (κ1) is 15.3. The third-order valence-electron chi connectivity index (χ3n) is 2.80. The zero-order valence-electron chi connectivity index (χ0n) is 11.8. The highest BCUT2D eigenvalue weighted by Crippen LogP contribution is 2.23. The van der Waals surface area contributed by atoms with E-state index >= 15 is 0 Å². The fraction of sp³-hybridized carbons (Fsp3) is 0.133. The van der Waals surface area contributed by atoms with E-state index in [-0.39, 0.29) is 18.0 Å². The van der Waals surface area contributed by atoms with Crippen molar-refractivity contribution in [2.45, 2.75) is 0 Å². The van der Waals surface area contributed by atoms with Gasteiger partial charge in [0.25, 0.3) is 11.6 Å². The molecular formula is C15H14N2O5. The molecule has 0 spiro atoms. The monoisotopic (exact) mass is 302 g/mol. The minimum absolute atomic E-state index is 0.135. The molecule has 22 heavy (non-hydrogen) atoms. The van der Waals surface area contributed by atoms with Crippen LogP contribution in [0.2, 0.25) is 0 Å². The number of carbonyl (C=O) groups is 1. The lowest BCUT2D eigenvalue weighted by Crippen LogP contribution is -2.20. The van der Waals surface area contributed by atoms with E-state index in [0.717, 1.165) is 0 Å². The molecule has 1 N–H and O–H groups in total. The Hall–Kier alpha value is -3.09. The van der Waals surface area contributed by atoms with Crippen LogP contribution in [0.25, 0.3) is 0 Å². The summed E-state index contributed by atoms with van der Waals surface area (Å²) in [4.78, 5) is 22.1. The molecule has 0 bridgehead atoms. The first-order valence-corrected chi connectivity index (χ1v) is 6.40. The largest absolute Gasteiger partial charge is 0.497 e. The van der Waals surface area contributed by atoms with Gasteiger partial charge in [0.05, 0.1) is 12.0 Å². The zero-order valence-corrected chi connectivity index (χ0v) is 11.8. The molecule has 7 nitrogen and oxygen atoms in total. The fourth-order valence-corrected chi connectivity index (χ4v) is 1.75. The summed E-state index contributed by atoms with van der Waals surface area (Å²) in [6.45, 7) is -0.252. The number of methoxy groups -OCH3 is 1. The Morgan fingerprint density at radius 3 is 2.41 bits per heavy atom. The second-order valence-electron chi connectivity index (χ2n) is 4.29. The molecular weight excluding hydrogens is 288 g/mol. The van der Waals surface area contributed by atoms with Gasteiger partial charge < -0.3 is 14.8 Å². The van der Waals surface area contributed by atoms with Crippen LogP contribution < -0.4 is 14.8 Å². The van der Waals surface area contributed by atoms with Gasteiger partial charge >= 0.3 is 0 Å². The van der Waals surface area contributed by atoms with Crippen LogP contribution in [0.4, 0.5) is 11.4 Å². The van der Waals surface area contributed by atoms with E-state index in [2.05, 4.69) is 5.32 Å². The number of nitro benzene ring substituents is 1. The number of anilines is 1.